The molecular formula is C20H29FN2O. The molecule has 0 aromatic heterocycles. The molecule has 1 unspecified atom stereocenters. The first kappa shape index (κ1) is 17.4. The lowest BCUT2D eigenvalue weighted by Crippen LogP contribution is -2.34. The van der Waals surface area contributed by atoms with E-state index in [1.54, 1.807) is 6.07 Å². The number of hydrogen-bond donors (Lipinski definition) is 2. The number of nitrogens with one attached hydrogen (secondary N) is 2. The van der Waals surface area contributed by atoms with Crippen LogP contribution in [0.3, 0.4) is 0 Å². The van der Waals surface area contributed by atoms with Crippen LogP contribution in [0.15, 0.2) is 24.3 Å². The molecule has 4 heteroatoms. The second-order valence-electron chi connectivity index (χ2n) is 7.34. The maximum Gasteiger partial charge on any atom is 0.220 e. The molecule has 1 saturated carbocycles. The molecule has 2 aliphatic rings. The molecule has 0 radical (unpaired) electrons. The minimum absolute atomic E-state index is 0.0775. The minimum Gasteiger partial charge on any atom is -0.349 e. The lowest BCUT2D eigenvalue weighted by Gasteiger charge is -2.27. The molecule has 1 heterocycles. The molecule has 0 bridgehead atoms. The van der Waals surface area contributed by atoms with E-state index in [-0.39, 0.29) is 17.8 Å². The number of carbonyl (C=O) groups is 1. The highest BCUT2D eigenvalue weighted by Gasteiger charge is 2.29. The third kappa shape index (κ3) is 4.56. The third-order valence-corrected chi connectivity index (χ3v) is 5.67. The fourth-order valence-electron chi connectivity index (χ4n) is 4.22. The summed E-state index contributed by atoms with van der Waals surface area (Å²) in [4.78, 5) is 12.5. The van der Waals surface area contributed by atoms with Crippen LogP contribution < -0.4 is 10.6 Å². The zero-order valence-corrected chi connectivity index (χ0v) is 14.4. The first-order chi connectivity index (χ1) is 11.7. The van der Waals surface area contributed by atoms with Crippen molar-refractivity contribution in [2.24, 2.45) is 11.8 Å². The van der Waals surface area contributed by atoms with Gasteiger partial charge >= 0.3 is 0 Å². The van der Waals surface area contributed by atoms with Gasteiger partial charge in [-0.15, -0.1) is 0 Å². The highest BCUT2D eigenvalue weighted by atomic mass is 19.1. The molecule has 1 aliphatic carbocycles. The van der Waals surface area contributed by atoms with Crippen molar-refractivity contribution in [2.75, 3.05) is 13.1 Å². The van der Waals surface area contributed by atoms with Crippen molar-refractivity contribution in [3.63, 3.8) is 0 Å². The molecule has 1 amide bonds. The number of halogens is 1. The molecule has 24 heavy (non-hydrogen) atoms. The van der Waals surface area contributed by atoms with Gasteiger partial charge in [0, 0.05) is 12.0 Å². The molecule has 3 nitrogen and oxygen atoms in total. The zero-order valence-electron chi connectivity index (χ0n) is 14.4. The van der Waals surface area contributed by atoms with E-state index in [1.165, 1.54) is 18.9 Å². The van der Waals surface area contributed by atoms with Gasteiger partial charge in [0.25, 0.3) is 0 Å². The van der Waals surface area contributed by atoms with Gasteiger partial charge in [0.2, 0.25) is 5.91 Å². The Morgan fingerprint density at radius 2 is 1.88 bits per heavy atom. The van der Waals surface area contributed by atoms with Crippen LogP contribution in [0.2, 0.25) is 0 Å². The van der Waals surface area contributed by atoms with Crippen molar-refractivity contribution >= 4 is 5.91 Å². The van der Waals surface area contributed by atoms with Gasteiger partial charge in [0.15, 0.2) is 0 Å². The fraction of sp³-hybridized carbons (Fsp3) is 0.650. The number of benzene rings is 1. The van der Waals surface area contributed by atoms with Crippen LogP contribution in [0.5, 0.6) is 0 Å². The van der Waals surface area contributed by atoms with Gasteiger partial charge in [-0.1, -0.05) is 31.0 Å². The topological polar surface area (TPSA) is 41.1 Å². The first-order valence-electron chi connectivity index (χ1n) is 9.48. The van der Waals surface area contributed by atoms with Gasteiger partial charge in [0.05, 0.1) is 6.04 Å². The summed E-state index contributed by atoms with van der Waals surface area (Å²) in [7, 11) is 0. The number of hydrogen-bond acceptors (Lipinski definition) is 2. The summed E-state index contributed by atoms with van der Waals surface area (Å²) in [5, 5.41) is 6.52. The largest absolute Gasteiger partial charge is 0.349 e. The van der Waals surface area contributed by atoms with Crippen LogP contribution in [0, 0.1) is 17.7 Å². The van der Waals surface area contributed by atoms with Gasteiger partial charge in [0.1, 0.15) is 5.82 Å². The first-order valence-corrected chi connectivity index (χ1v) is 9.48. The van der Waals surface area contributed by atoms with E-state index in [9.17, 15) is 9.18 Å². The highest BCUT2D eigenvalue weighted by molar-refractivity contribution is 5.76. The monoisotopic (exact) mass is 332 g/mol. The lowest BCUT2D eigenvalue weighted by atomic mass is 9.90. The Morgan fingerprint density at radius 1 is 1.17 bits per heavy atom. The standard InChI is InChI=1S/C20H29FN2O/c21-18-8-4-3-7-17(18)20(16-5-1-2-6-16)23-19(24)10-9-15-11-13-22-14-12-15/h3-4,7-8,15-16,20,22H,1-2,5-6,9-14H2,(H,23,24). The molecule has 1 aromatic rings. The van der Waals surface area contributed by atoms with Crippen molar-refractivity contribution in [3.8, 4) is 0 Å². The molecule has 0 spiro atoms. The molecule has 1 aromatic carbocycles. The maximum absolute atomic E-state index is 14.3. The Hall–Kier alpha value is -1.42. The summed E-state index contributed by atoms with van der Waals surface area (Å²) in [6.07, 6.45) is 8.34. The summed E-state index contributed by atoms with van der Waals surface area (Å²) in [5.41, 5.74) is 0.652. The van der Waals surface area contributed by atoms with Gasteiger partial charge < -0.3 is 10.6 Å². The Kier molecular flexibility index (Phi) is 6.24. The van der Waals surface area contributed by atoms with E-state index in [0.717, 1.165) is 45.2 Å². The maximum atomic E-state index is 14.3. The van der Waals surface area contributed by atoms with E-state index < -0.39 is 0 Å². The van der Waals surface area contributed by atoms with Crippen molar-refractivity contribution in [1.29, 1.82) is 0 Å². The quantitative estimate of drug-likeness (QED) is 0.828. The van der Waals surface area contributed by atoms with Gasteiger partial charge in [-0.05, 0) is 63.1 Å². The van der Waals surface area contributed by atoms with Gasteiger partial charge in [-0.2, -0.15) is 0 Å². The van der Waals surface area contributed by atoms with Gasteiger partial charge in [-0.3, -0.25) is 4.79 Å². The molecule has 132 valence electrons. The SMILES string of the molecule is O=C(CCC1CCNCC1)NC(c1ccccc1F)C1CCCC1. The second-order valence-corrected chi connectivity index (χ2v) is 7.34. The number of piperidine rings is 1. The van der Waals surface area contributed by atoms with E-state index in [4.69, 9.17) is 0 Å². The summed E-state index contributed by atoms with van der Waals surface area (Å²) in [6, 6.07) is 6.73. The summed E-state index contributed by atoms with van der Waals surface area (Å²) in [5.74, 6) is 0.891. The summed E-state index contributed by atoms with van der Waals surface area (Å²) in [6.45, 7) is 2.12. The average Bonchev–Trinajstić information content (AvgIpc) is 3.14. The van der Waals surface area contributed by atoms with Crippen LogP contribution in [0.4, 0.5) is 4.39 Å². The highest BCUT2D eigenvalue weighted by Crippen LogP contribution is 2.36. The number of amides is 1. The van der Waals surface area contributed by atoms with Gasteiger partial charge in [-0.25, -0.2) is 4.39 Å². The Balaban J connectivity index is 1.60. The van der Waals surface area contributed by atoms with Crippen LogP contribution in [0.1, 0.15) is 63.0 Å². The predicted molar refractivity (Wildman–Crippen MR) is 94.1 cm³/mol. The summed E-state index contributed by atoms with van der Waals surface area (Å²) >= 11 is 0. The van der Waals surface area contributed by atoms with Crippen molar-refractivity contribution in [2.45, 2.75) is 57.4 Å². The number of carbonyl (C=O) groups excluding carboxylic acids is 1. The molecular weight excluding hydrogens is 303 g/mol. The Labute approximate surface area is 144 Å². The minimum atomic E-state index is -0.201. The van der Waals surface area contributed by atoms with Crippen molar-refractivity contribution < 1.29 is 9.18 Å². The normalized spacial score (nSPS) is 20.9. The number of rotatable bonds is 6. The van der Waals surface area contributed by atoms with Crippen molar-refractivity contribution in [3.05, 3.63) is 35.6 Å². The van der Waals surface area contributed by atoms with E-state index >= 15 is 0 Å². The van der Waals surface area contributed by atoms with E-state index in [0.29, 0.717) is 23.8 Å². The molecule has 3 rings (SSSR count). The van der Waals surface area contributed by atoms with Crippen LogP contribution in [-0.4, -0.2) is 19.0 Å². The van der Waals surface area contributed by atoms with Crippen LogP contribution in [0.25, 0.3) is 0 Å². The molecule has 2 N–H and O–H groups in total. The second kappa shape index (κ2) is 8.61. The molecule has 1 atom stereocenters. The predicted octanol–water partition coefficient (Wildman–Crippen LogP) is 3.95. The smallest absolute Gasteiger partial charge is 0.220 e. The Morgan fingerprint density at radius 3 is 2.58 bits per heavy atom. The van der Waals surface area contributed by atoms with Crippen molar-refractivity contribution in [1.82, 2.24) is 10.6 Å². The summed E-state index contributed by atoms with van der Waals surface area (Å²) < 4.78 is 14.3. The molecule has 2 fully saturated rings. The van der Waals surface area contributed by atoms with Crippen LogP contribution >= 0.6 is 0 Å². The van der Waals surface area contributed by atoms with Crippen LogP contribution in [-0.2, 0) is 4.79 Å². The lowest BCUT2D eigenvalue weighted by molar-refractivity contribution is -0.122. The third-order valence-electron chi connectivity index (χ3n) is 5.67. The van der Waals surface area contributed by atoms with E-state index in [1.807, 2.05) is 12.1 Å². The Bertz CT molecular complexity index is 536. The molecule has 1 aliphatic heterocycles. The average molecular weight is 332 g/mol. The fourth-order valence-corrected chi connectivity index (χ4v) is 4.22. The van der Waals surface area contributed by atoms with E-state index in [2.05, 4.69) is 10.6 Å². The molecule has 1 saturated heterocycles. The zero-order chi connectivity index (χ0) is 16.8.